The molecular weight excluding hydrogens is 302 g/mol. The highest BCUT2D eigenvalue weighted by Crippen LogP contribution is 2.34. The number of rotatable bonds is 2. The minimum absolute atomic E-state index is 0.338. The highest BCUT2D eigenvalue weighted by atomic mass is 79.9. The van der Waals surface area contributed by atoms with E-state index in [0.29, 0.717) is 11.8 Å². The molecule has 1 aliphatic rings. The molecule has 0 heterocycles. The first-order valence-electron chi connectivity index (χ1n) is 6.56. The molecule has 0 amide bonds. The normalized spacial score (nSPS) is 17.8. The van der Waals surface area contributed by atoms with Gasteiger partial charge >= 0.3 is 0 Å². The fraction of sp³-hybridized carbons (Fsp3) is 0.250. The van der Waals surface area contributed by atoms with Crippen molar-refractivity contribution in [3.63, 3.8) is 0 Å². The van der Waals surface area contributed by atoms with Crippen molar-refractivity contribution in [2.75, 3.05) is 5.32 Å². The Morgan fingerprint density at radius 1 is 1.11 bits per heavy atom. The van der Waals surface area contributed by atoms with Gasteiger partial charge in [-0.25, -0.2) is 0 Å². The first-order valence-corrected chi connectivity index (χ1v) is 7.35. The molecule has 0 saturated carbocycles. The summed E-state index contributed by atoms with van der Waals surface area (Å²) in [6.45, 7) is 0. The van der Waals surface area contributed by atoms with Crippen LogP contribution in [0.4, 0.5) is 5.69 Å². The van der Waals surface area contributed by atoms with Gasteiger partial charge in [0, 0.05) is 10.2 Å². The van der Waals surface area contributed by atoms with Crippen molar-refractivity contribution in [3.05, 3.63) is 58.1 Å². The number of aromatic hydroxyl groups is 1. The number of hydrogen-bond acceptors (Lipinski definition) is 2. The maximum Gasteiger partial charge on any atom is 0.115 e. The molecule has 0 fully saturated rings. The molecule has 1 unspecified atom stereocenters. The van der Waals surface area contributed by atoms with Crippen LogP contribution in [0.3, 0.4) is 0 Å². The third kappa shape index (κ3) is 2.76. The van der Waals surface area contributed by atoms with Crippen molar-refractivity contribution in [1.82, 2.24) is 0 Å². The molecule has 0 spiro atoms. The number of anilines is 1. The third-order valence-corrected chi connectivity index (χ3v) is 4.15. The summed E-state index contributed by atoms with van der Waals surface area (Å²) in [6, 6.07) is 14.3. The summed E-state index contributed by atoms with van der Waals surface area (Å²) >= 11 is 3.45. The predicted molar refractivity (Wildman–Crippen MR) is 81.6 cm³/mol. The largest absolute Gasteiger partial charge is 0.508 e. The quantitative estimate of drug-likeness (QED) is 0.845. The molecule has 0 radical (unpaired) electrons. The van der Waals surface area contributed by atoms with Crippen molar-refractivity contribution < 1.29 is 5.11 Å². The van der Waals surface area contributed by atoms with Crippen molar-refractivity contribution in [1.29, 1.82) is 0 Å². The average Bonchev–Trinajstić information content (AvgIpc) is 2.41. The van der Waals surface area contributed by atoms with Gasteiger partial charge in [-0.1, -0.05) is 22.0 Å². The van der Waals surface area contributed by atoms with E-state index >= 15 is 0 Å². The van der Waals surface area contributed by atoms with Gasteiger partial charge in [-0.05, 0) is 66.8 Å². The smallest absolute Gasteiger partial charge is 0.115 e. The van der Waals surface area contributed by atoms with Crippen LogP contribution in [0.15, 0.2) is 46.9 Å². The molecule has 1 atom stereocenters. The lowest BCUT2D eigenvalue weighted by Crippen LogP contribution is -2.17. The Morgan fingerprint density at radius 3 is 2.68 bits per heavy atom. The number of aryl methyl sites for hydroxylation is 1. The SMILES string of the molecule is Oc1ccc2c(c1)CCCC2Nc1ccc(Br)cc1. The summed E-state index contributed by atoms with van der Waals surface area (Å²) in [6.07, 6.45) is 3.35. The lowest BCUT2D eigenvalue weighted by atomic mass is 9.87. The highest BCUT2D eigenvalue weighted by Gasteiger charge is 2.20. The molecule has 0 bridgehead atoms. The second kappa shape index (κ2) is 5.25. The Kier molecular flexibility index (Phi) is 3.47. The highest BCUT2D eigenvalue weighted by molar-refractivity contribution is 9.10. The lowest BCUT2D eigenvalue weighted by molar-refractivity contribution is 0.472. The summed E-state index contributed by atoms with van der Waals surface area (Å²) in [5.41, 5.74) is 3.71. The Morgan fingerprint density at radius 2 is 1.89 bits per heavy atom. The summed E-state index contributed by atoms with van der Waals surface area (Å²) in [5, 5.41) is 13.2. The van der Waals surface area contributed by atoms with E-state index < -0.39 is 0 Å². The maximum absolute atomic E-state index is 9.57. The van der Waals surface area contributed by atoms with Gasteiger partial charge in [-0.3, -0.25) is 0 Å². The number of phenols is 1. The van der Waals surface area contributed by atoms with Crippen LogP contribution in [0.2, 0.25) is 0 Å². The first kappa shape index (κ1) is 12.5. The summed E-state index contributed by atoms with van der Waals surface area (Å²) in [4.78, 5) is 0. The summed E-state index contributed by atoms with van der Waals surface area (Å²) < 4.78 is 1.09. The van der Waals surface area contributed by atoms with Crippen LogP contribution in [0.1, 0.15) is 30.0 Å². The third-order valence-electron chi connectivity index (χ3n) is 3.63. The number of fused-ring (bicyclic) bond motifs is 1. The van der Waals surface area contributed by atoms with E-state index in [0.717, 1.165) is 29.4 Å². The van der Waals surface area contributed by atoms with Crippen molar-refractivity contribution in [3.8, 4) is 5.75 Å². The first-order chi connectivity index (χ1) is 9.22. The molecule has 0 aliphatic heterocycles. The Balaban J connectivity index is 1.85. The number of halogens is 1. The number of hydrogen-bond donors (Lipinski definition) is 2. The lowest BCUT2D eigenvalue weighted by Gasteiger charge is -2.27. The van der Waals surface area contributed by atoms with Gasteiger partial charge in [0.2, 0.25) is 0 Å². The molecule has 2 nitrogen and oxygen atoms in total. The Hall–Kier alpha value is -1.48. The van der Waals surface area contributed by atoms with Gasteiger partial charge in [0.05, 0.1) is 6.04 Å². The van der Waals surface area contributed by atoms with E-state index in [1.807, 2.05) is 24.3 Å². The fourth-order valence-electron chi connectivity index (χ4n) is 2.70. The van der Waals surface area contributed by atoms with Crippen LogP contribution in [0, 0.1) is 0 Å². The molecule has 3 heteroatoms. The topological polar surface area (TPSA) is 32.3 Å². The molecule has 98 valence electrons. The van der Waals surface area contributed by atoms with Crippen LogP contribution in [0.25, 0.3) is 0 Å². The predicted octanol–water partition coefficient (Wildman–Crippen LogP) is 4.64. The van der Waals surface area contributed by atoms with E-state index in [4.69, 9.17) is 0 Å². The molecule has 19 heavy (non-hydrogen) atoms. The van der Waals surface area contributed by atoms with Crippen LogP contribution in [-0.2, 0) is 6.42 Å². The van der Waals surface area contributed by atoms with E-state index in [1.165, 1.54) is 11.1 Å². The molecule has 1 aliphatic carbocycles. The van der Waals surface area contributed by atoms with Crippen LogP contribution in [0.5, 0.6) is 5.75 Å². The second-order valence-electron chi connectivity index (χ2n) is 4.98. The molecule has 2 N–H and O–H groups in total. The molecular formula is C16H16BrNO. The zero-order valence-corrected chi connectivity index (χ0v) is 12.2. The Bertz CT molecular complexity index is 580. The van der Waals surface area contributed by atoms with Crippen molar-refractivity contribution in [2.24, 2.45) is 0 Å². The van der Waals surface area contributed by atoms with Crippen LogP contribution >= 0.6 is 15.9 Å². The summed E-state index contributed by atoms with van der Waals surface area (Å²) in [5.74, 6) is 0.364. The van der Waals surface area contributed by atoms with E-state index in [-0.39, 0.29) is 0 Å². The number of nitrogens with one attached hydrogen (secondary N) is 1. The van der Waals surface area contributed by atoms with Gasteiger partial charge < -0.3 is 10.4 Å². The molecule has 3 rings (SSSR count). The zero-order valence-electron chi connectivity index (χ0n) is 10.6. The molecule has 2 aromatic rings. The van der Waals surface area contributed by atoms with Crippen LogP contribution in [-0.4, -0.2) is 5.11 Å². The fourth-order valence-corrected chi connectivity index (χ4v) is 2.96. The maximum atomic E-state index is 9.57. The number of benzene rings is 2. The van der Waals surface area contributed by atoms with Crippen molar-refractivity contribution in [2.45, 2.75) is 25.3 Å². The van der Waals surface area contributed by atoms with Gasteiger partial charge in [-0.15, -0.1) is 0 Å². The standard InChI is InChI=1S/C16H16BrNO/c17-12-4-6-13(7-5-12)18-16-3-1-2-11-10-14(19)8-9-15(11)16/h4-10,16,18-19H,1-3H2. The van der Waals surface area contributed by atoms with Gasteiger partial charge in [0.15, 0.2) is 0 Å². The van der Waals surface area contributed by atoms with E-state index in [2.05, 4.69) is 33.4 Å². The van der Waals surface area contributed by atoms with Crippen molar-refractivity contribution >= 4 is 21.6 Å². The Labute approximate surface area is 121 Å². The molecule has 2 aromatic carbocycles. The van der Waals surface area contributed by atoms with E-state index in [1.54, 1.807) is 6.07 Å². The average molecular weight is 318 g/mol. The van der Waals surface area contributed by atoms with Crippen LogP contribution < -0.4 is 5.32 Å². The van der Waals surface area contributed by atoms with Gasteiger partial charge in [0.1, 0.15) is 5.75 Å². The molecule has 0 saturated heterocycles. The minimum atomic E-state index is 0.338. The van der Waals surface area contributed by atoms with E-state index in [9.17, 15) is 5.11 Å². The summed E-state index contributed by atoms with van der Waals surface area (Å²) in [7, 11) is 0. The number of phenolic OH excluding ortho intramolecular Hbond substituents is 1. The van der Waals surface area contributed by atoms with Gasteiger partial charge in [-0.2, -0.15) is 0 Å². The zero-order chi connectivity index (χ0) is 13.2. The second-order valence-corrected chi connectivity index (χ2v) is 5.89. The monoisotopic (exact) mass is 317 g/mol. The minimum Gasteiger partial charge on any atom is -0.508 e. The molecule has 0 aromatic heterocycles. The van der Waals surface area contributed by atoms with Gasteiger partial charge in [0.25, 0.3) is 0 Å².